The topological polar surface area (TPSA) is 75.1 Å². The third-order valence-electron chi connectivity index (χ3n) is 2.92. The Hall–Kier alpha value is -1.69. The summed E-state index contributed by atoms with van der Waals surface area (Å²) in [6.45, 7) is 4.05. The number of carboxylic acid groups (broad SMARTS) is 1. The van der Waals surface area contributed by atoms with Crippen molar-refractivity contribution in [1.82, 2.24) is 9.97 Å². The molecule has 2 heterocycles. The number of aryl methyl sites for hydroxylation is 1. The number of thiophene rings is 1. The van der Waals surface area contributed by atoms with Crippen molar-refractivity contribution >= 4 is 33.3 Å². The molecule has 0 aliphatic heterocycles. The highest BCUT2D eigenvalue weighted by Gasteiger charge is 2.18. The van der Waals surface area contributed by atoms with E-state index in [1.807, 2.05) is 13.0 Å². The average Bonchev–Trinajstić information content (AvgIpc) is 2.82. The lowest BCUT2D eigenvalue weighted by molar-refractivity contribution is -0.138. The highest BCUT2D eigenvalue weighted by molar-refractivity contribution is 7.18. The number of aromatic nitrogens is 2. The Balaban J connectivity index is 2.33. The highest BCUT2D eigenvalue weighted by atomic mass is 32.1. The van der Waals surface area contributed by atoms with E-state index in [0.29, 0.717) is 12.2 Å². The van der Waals surface area contributed by atoms with Crippen LogP contribution in [0.3, 0.4) is 0 Å². The molecule has 1 unspecified atom stereocenters. The standard InChI is InChI=1S/C13H17N3O2S/c1-3-5-10(13(17)18)16-11-9-6-8(4-2)19-12(9)15-7-14-11/h6-7,10H,3-5H2,1-2H3,(H,17,18)(H,14,15,16). The Morgan fingerprint density at radius 2 is 2.26 bits per heavy atom. The fourth-order valence-corrected chi connectivity index (χ4v) is 2.84. The second kappa shape index (κ2) is 5.97. The zero-order valence-corrected chi connectivity index (χ0v) is 11.8. The molecule has 0 saturated carbocycles. The van der Waals surface area contributed by atoms with Crippen molar-refractivity contribution in [2.24, 2.45) is 0 Å². The van der Waals surface area contributed by atoms with Crippen molar-refractivity contribution in [3.8, 4) is 0 Å². The molecule has 0 fully saturated rings. The molecule has 0 aromatic carbocycles. The van der Waals surface area contributed by atoms with Crippen LogP contribution in [0.25, 0.3) is 10.2 Å². The Bertz CT molecular complexity index is 582. The lowest BCUT2D eigenvalue weighted by Crippen LogP contribution is -2.29. The Kier molecular flexibility index (Phi) is 4.31. The normalized spacial score (nSPS) is 12.5. The van der Waals surface area contributed by atoms with Crippen LogP contribution in [-0.4, -0.2) is 27.1 Å². The second-order valence-corrected chi connectivity index (χ2v) is 5.45. The maximum absolute atomic E-state index is 11.2. The number of hydrogen-bond acceptors (Lipinski definition) is 5. The molecule has 1 atom stereocenters. The number of rotatable bonds is 6. The average molecular weight is 279 g/mol. The van der Waals surface area contributed by atoms with E-state index < -0.39 is 12.0 Å². The fourth-order valence-electron chi connectivity index (χ4n) is 1.91. The van der Waals surface area contributed by atoms with Crippen LogP contribution in [0.1, 0.15) is 31.6 Å². The van der Waals surface area contributed by atoms with Crippen molar-refractivity contribution in [1.29, 1.82) is 0 Å². The van der Waals surface area contributed by atoms with Gasteiger partial charge in [0.05, 0.1) is 5.39 Å². The number of nitrogens with zero attached hydrogens (tertiary/aromatic N) is 2. The number of nitrogens with one attached hydrogen (secondary N) is 1. The Morgan fingerprint density at radius 1 is 1.47 bits per heavy atom. The van der Waals surface area contributed by atoms with Gasteiger partial charge in [-0.25, -0.2) is 14.8 Å². The van der Waals surface area contributed by atoms with Gasteiger partial charge in [-0.15, -0.1) is 11.3 Å². The maximum atomic E-state index is 11.2. The molecule has 0 radical (unpaired) electrons. The lowest BCUT2D eigenvalue weighted by atomic mass is 10.1. The molecule has 2 aromatic heterocycles. The van der Waals surface area contributed by atoms with Gasteiger partial charge in [0.2, 0.25) is 0 Å². The van der Waals surface area contributed by atoms with Gasteiger partial charge >= 0.3 is 5.97 Å². The van der Waals surface area contributed by atoms with Crippen molar-refractivity contribution in [2.75, 3.05) is 5.32 Å². The summed E-state index contributed by atoms with van der Waals surface area (Å²) in [5.74, 6) is -0.235. The minimum Gasteiger partial charge on any atom is -0.480 e. The molecular weight excluding hydrogens is 262 g/mol. The highest BCUT2D eigenvalue weighted by Crippen LogP contribution is 2.28. The fraction of sp³-hybridized carbons (Fsp3) is 0.462. The van der Waals surface area contributed by atoms with Gasteiger partial charge in [-0.2, -0.15) is 0 Å². The van der Waals surface area contributed by atoms with E-state index in [9.17, 15) is 9.90 Å². The smallest absolute Gasteiger partial charge is 0.326 e. The van der Waals surface area contributed by atoms with E-state index in [4.69, 9.17) is 0 Å². The van der Waals surface area contributed by atoms with Crippen LogP contribution >= 0.6 is 11.3 Å². The van der Waals surface area contributed by atoms with Crippen molar-refractivity contribution in [3.63, 3.8) is 0 Å². The van der Waals surface area contributed by atoms with E-state index in [0.717, 1.165) is 23.1 Å². The number of anilines is 1. The molecule has 0 aliphatic carbocycles. The summed E-state index contributed by atoms with van der Waals surface area (Å²) in [6.07, 6.45) is 3.80. The zero-order chi connectivity index (χ0) is 13.8. The first-order chi connectivity index (χ1) is 9.15. The first-order valence-corrected chi connectivity index (χ1v) is 7.20. The van der Waals surface area contributed by atoms with Gasteiger partial charge in [-0.1, -0.05) is 20.3 Å². The van der Waals surface area contributed by atoms with Crippen LogP contribution in [0.2, 0.25) is 0 Å². The largest absolute Gasteiger partial charge is 0.480 e. The van der Waals surface area contributed by atoms with E-state index in [1.54, 1.807) is 11.3 Å². The zero-order valence-electron chi connectivity index (χ0n) is 11.0. The second-order valence-electron chi connectivity index (χ2n) is 4.33. The molecule has 2 aromatic rings. The Labute approximate surface area is 115 Å². The molecule has 2 N–H and O–H groups in total. The molecular formula is C13H17N3O2S. The van der Waals surface area contributed by atoms with Gasteiger partial charge in [0.1, 0.15) is 23.0 Å². The first-order valence-electron chi connectivity index (χ1n) is 6.38. The SMILES string of the molecule is CCCC(Nc1ncnc2sc(CC)cc12)C(=O)O. The van der Waals surface area contributed by atoms with Gasteiger partial charge in [0.25, 0.3) is 0 Å². The predicted octanol–water partition coefficient (Wildman–Crippen LogP) is 2.92. The number of aliphatic carboxylic acids is 1. The molecule has 19 heavy (non-hydrogen) atoms. The summed E-state index contributed by atoms with van der Waals surface area (Å²) in [6, 6.07) is 1.43. The van der Waals surface area contributed by atoms with Crippen LogP contribution < -0.4 is 5.32 Å². The van der Waals surface area contributed by atoms with Crippen molar-refractivity contribution in [3.05, 3.63) is 17.3 Å². The lowest BCUT2D eigenvalue weighted by Gasteiger charge is -2.14. The van der Waals surface area contributed by atoms with Crippen molar-refractivity contribution in [2.45, 2.75) is 39.2 Å². The number of carbonyl (C=O) groups is 1. The predicted molar refractivity (Wildman–Crippen MR) is 76.7 cm³/mol. The van der Waals surface area contributed by atoms with Crippen LogP contribution in [0, 0.1) is 0 Å². The van der Waals surface area contributed by atoms with Crippen molar-refractivity contribution < 1.29 is 9.90 Å². The molecule has 6 heteroatoms. The van der Waals surface area contributed by atoms with Gasteiger partial charge in [-0.05, 0) is 18.9 Å². The minimum atomic E-state index is -0.848. The quantitative estimate of drug-likeness (QED) is 0.850. The summed E-state index contributed by atoms with van der Waals surface area (Å²) in [5.41, 5.74) is 0. The summed E-state index contributed by atoms with van der Waals surface area (Å²) < 4.78 is 0. The van der Waals surface area contributed by atoms with Crippen LogP contribution in [-0.2, 0) is 11.2 Å². The van der Waals surface area contributed by atoms with Gasteiger partial charge in [0, 0.05) is 4.88 Å². The molecule has 0 bridgehead atoms. The summed E-state index contributed by atoms with van der Waals surface area (Å²) >= 11 is 1.62. The Morgan fingerprint density at radius 3 is 2.89 bits per heavy atom. The van der Waals surface area contributed by atoms with E-state index in [-0.39, 0.29) is 0 Å². The monoisotopic (exact) mass is 279 g/mol. The first kappa shape index (κ1) is 13.7. The third-order valence-corrected chi connectivity index (χ3v) is 4.10. The van der Waals surface area contributed by atoms with E-state index >= 15 is 0 Å². The molecule has 0 aliphatic rings. The molecule has 0 saturated heterocycles. The molecule has 5 nitrogen and oxygen atoms in total. The maximum Gasteiger partial charge on any atom is 0.326 e. The molecule has 0 amide bonds. The van der Waals surface area contributed by atoms with Gasteiger partial charge < -0.3 is 10.4 Å². The number of fused-ring (bicyclic) bond motifs is 1. The molecule has 2 rings (SSSR count). The summed E-state index contributed by atoms with van der Waals surface area (Å²) in [7, 11) is 0. The molecule has 0 spiro atoms. The number of carboxylic acids is 1. The van der Waals surface area contributed by atoms with Crippen LogP contribution in [0.5, 0.6) is 0 Å². The van der Waals surface area contributed by atoms with Crippen LogP contribution in [0.4, 0.5) is 5.82 Å². The number of hydrogen-bond donors (Lipinski definition) is 2. The summed E-state index contributed by atoms with van der Waals surface area (Å²) in [4.78, 5) is 21.7. The molecule has 102 valence electrons. The third kappa shape index (κ3) is 3.01. The van der Waals surface area contributed by atoms with E-state index in [2.05, 4.69) is 22.2 Å². The van der Waals surface area contributed by atoms with Gasteiger partial charge in [0.15, 0.2) is 0 Å². The van der Waals surface area contributed by atoms with E-state index in [1.165, 1.54) is 11.2 Å². The minimum absolute atomic E-state index is 0.575. The van der Waals surface area contributed by atoms with Crippen LogP contribution in [0.15, 0.2) is 12.4 Å². The summed E-state index contributed by atoms with van der Waals surface area (Å²) in [5, 5.41) is 13.1. The van der Waals surface area contributed by atoms with Gasteiger partial charge in [-0.3, -0.25) is 0 Å².